The molecule has 90 valence electrons. The Morgan fingerprint density at radius 1 is 1.41 bits per heavy atom. The molecule has 1 aliphatic rings. The van der Waals surface area contributed by atoms with Crippen LogP contribution in [-0.2, 0) is 9.59 Å². The van der Waals surface area contributed by atoms with Gasteiger partial charge in [-0.15, -0.1) is 0 Å². The van der Waals surface area contributed by atoms with Crippen LogP contribution in [0.3, 0.4) is 0 Å². The number of halogens is 2. The van der Waals surface area contributed by atoms with Crippen molar-refractivity contribution in [1.82, 2.24) is 0 Å². The molecule has 5 heteroatoms. The van der Waals surface area contributed by atoms with Gasteiger partial charge in [0, 0.05) is 16.2 Å². The molecular formula is C12H11Br2NO2. The predicted molar refractivity (Wildman–Crippen MR) is 73.3 cm³/mol. The highest BCUT2D eigenvalue weighted by Crippen LogP contribution is 2.31. The lowest BCUT2D eigenvalue weighted by molar-refractivity contribution is -0.122. The highest BCUT2D eigenvalue weighted by molar-refractivity contribution is 9.10. The maximum absolute atomic E-state index is 12.1. The minimum absolute atomic E-state index is 0.118. The quantitative estimate of drug-likeness (QED) is 0.600. The largest absolute Gasteiger partial charge is 0.274 e. The van der Waals surface area contributed by atoms with Crippen molar-refractivity contribution in [3.63, 3.8) is 0 Å². The van der Waals surface area contributed by atoms with E-state index < -0.39 is 0 Å². The summed E-state index contributed by atoms with van der Waals surface area (Å²) in [5.41, 5.74) is 1.60. The number of carbonyl (C=O) groups is 2. The molecule has 2 amide bonds. The van der Waals surface area contributed by atoms with Crippen LogP contribution in [0.15, 0.2) is 22.7 Å². The summed E-state index contributed by atoms with van der Waals surface area (Å²) in [6.45, 7) is 1.89. The predicted octanol–water partition coefficient (Wildman–Crippen LogP) is 3.03. The molecule has 0 aliphatic carbocycles. The second-order valence-corrected chi connectivity index (χ2v) is 5.62. The van der Waals surface area contributed by atoms with Gasteiger partial charge in [-0.25, -0.2) is 4.90 Å². The number of benzene rings is 1. The molecule has 1 aromatic rings. The first-order valence-corrected chi connectivity index (χ1v) is 7.15. The maximum Gasteiger partial charge on any atom is 0.238 e. The normalized spacial score (nSPS) is 20.2. The molecule has 0 saturated carbocycles. The van der Waals surface area contributed by atoms with Gasteiger partial charge < -0.3 is 0 Å². The first kappa shape index (κ1) is 12.8. The number of carbonyl (C=O) groups excluding carboxylic acids is 2. The zero-order valence-corrected chi connectivity index (χ0v) is 12.4. The Kier molecular flexibility index (Phi) is 3.68. The number of anilines is 1. The Labute approximate surface area is 116 Å². The summed E-state index contributed by atoms with van der Waals surface area (Å²) in [6.07, 6.45) is 0.288. The Morgan fingerprint density at radius 3 is 2.71 bits per heavy atom. The summed E-state index contributed by atoms with van der Waals surface area (Å²) >= 11 is 6.63. The Hall–Kier alpha value is -0.680. The van der Waals surface area contributed by atoms with Crippen LogP contribution < -0.4 is 4.90 Å². The van der Waals surface area contributed by atoms with E-state index in [1.165, 1.54) is 4.90 Å². The van der Waals surface area contributed by atoms with Crippen molar-refractivity contribution in [2.45, 2.75) is 13.3 Å². The third kappa shape index (κ3) is 2.31. The van der Waals surface area contributed by atoms with Gasteiger partial charge in [-0.3, -0.25) is 9.59 Å². The van der Waals surface area contributed by atoms with Gasteiger partial charge in [0.25, 0.3) is 0 Å². The number of alkyl halides is 1. The summed E-state index contributed by atoms with van der Waals surface area (Å²) in [5, 5.41) is 0.529. The second-order valence-electron chi connectivity index (χ2n) is 4.05. The fourth-order valence-corrected chi connectivity index (χ4v) is 2.75. The second kappa shape index (κ2) is 4.90. The van der Waals surface area contributed by atoms with Crippen molar-refractivity contribution in [2.75, 3.05) is 10.2 Å². The van der Waals surface area contributed by atoms with Crippen molar-refractivity contribution in [3.8, 4) is 0 Å². The Bertz CT molecular complexity index is 487. The molecule has 1 saturated heterocycles. The zero-order valence-electron chi connectivity index (χ0n) is 9.24. The van der Waals surface area contributed by atoms with Crippen LogP contribution in [0.4, 0.5) is 5.69 Å². The molecule has 0 N–H and O–H groups in total. The van der Waals surface area contributed by atoms with Crippen LogP contribution in [0.25, 0.3) is 0 Å². The number of imide groups is 1. The molecule has 3 nitrogen and oxygen atoms in total. The highest BCUT2D eigenvalue weighted by Gasteiger charge is 2.39. The van der Waals surface area contributed by atoms with E-state index in [0.29, 0.717) is 11.0 Å². The molecule has 0 bridgehead atoms. The number of aryl methyl sites for hydroxylation is 1. The standard InChI is InChI=1S/C12H11Br2NO2/c1-7-2-3-9(14)5-10(7)15-11(16)4-8(6-13)12(15)17/h2-3,5,8H,4,6H2,1H3. The average molecular weight is 361 g/mol. The lowest BCUT2D eigenvalue weighted by atomic mass is 10.1. The van der Waals surface area contributed by atoms with Gasteiger partial charge in [0.2, 0.25) is 11.8 Å². The van der Waals surface area contributed by atoms with Crippen molar-refractivity contribution in [3.05, 3.63) is 28.2 Å². The SMILES string of the molecule is Cc1ccc(Br)cc1N1C(=O)CC(CBr)C1=O. The van der Waals surface area contributed by atoms with Gasteiger partial charge in [0.1, 0.15) is 0 Å². The first-order chi connectivity index (χ1) is 8.04. The van der Waals surface area contributed by atoms with Crippen LogP contribution >= 0.6 is 31.9 Å². The van der Waals surface area contributed by atoms with Gasteiger partial charge in [0.05, 0.1) is 11.6 Å². The topological polar surface area (TPSA) is 37.4 Å². The third-order valence-corrected chi connectivity index (χ3v) is 4.11. The molecular weight excluding hydrogens is 350 g/mol. The number of nitrogens with zero attached hydrogens (tertiary/aromatic N) is 1. The highest BCUT2D eigenvalue weighted by atomic mass is 79.9. The number of hydrogen-bond acceptors (Lipinski definition) is 2. The molecule has 1 aliphatic heterocycles. The molecule has 1 heterocycles. The van der Waals surface area contributed by atoms with E-state index in [1.807, 2.05) is 25.1 Å². The van der Waals surface area contributed by atoms with E-state index in [-0.39, 0.29) is 24.2 Å². The van der Waals surface area contributed by atoms with Crippen molar-refractivity contribution in [2.24, 2.45) is 5.92 Å². The number of rotatable bonds is 2. The van der Waals surface area contributed by atoms with E-state index in [2.05, 4.69) is 31.9 Å². The van der Waals surface area contributed by atoms with Crippen LogP contribution in [-0.4, -0.2) is 17.1 Å². The van der Waals surface area contributed by atoms with E-state index in [1.54, 1.807) is 0 Å². The number of amides is 2. The molecule has 1 unspecified atom stereocenters. The van der Waals surface area contributed by atoms with Gasteiger partial charge in [0.15, 0.2) is 0 Å². The summed E-state index contributed by atoms with van der Waals surface area (Å²) in [5.74, 6) is -0.477. The van der Waals surface area contributed by atoms with E-state index >= 15 is 0 Å². The van der Waals surface area contributed by atoms with Crippen LogP contribution in [0.5, 0.6) is 0 Å². The van der Waals surface area contributed by atoms with E-state index in [9.17, 15) is 9.59 Å². The van der Waals surface area contributed by atoms with Crippen molar-refractivity contribution < 1.29 is 9.59 Å². The molecule has 0 spiro atoms. The average Bonchev–Trinajstić information content (AvgIpc) is 2.58. The van der Waals surface area contributed by atoms with Crippen molar-refractivity contribution >= 4 is 49.4 Å². The van der Waals surface area contributed by atoms with E-state index in [0.717, 1.165) is 10.0 Å². The van der Waals surface area contributed by atoms with Crippen molar-refractivity contribution in [1.29, 1.82) is 0 Å². The van der Waals surface area contributed by atoms with Gasteiger partial charge in [-0.05, 0) is 24.6 Å². The molecule has 0 aromatic heterocycles. The summed E-state index contributed by atoms with van der Waals surface area (Å²) in [6, 6.07) is 5.59. The minimum Gasteiger partial charge on any atom is -0.274 e. The molecule has 0 radical (unpaired) electrons. The van der Waals surface area contributed by atoms with E-state index in [4.69, 9.17) is 0 Å². The van der Waals surface area contributed by atoms with Crippen LogP contribution in [0, 0.1) is 12.8 Å². The smallest absolute Gasteiger partial charge is 0.238 e. The van der Waals surface area contributed by atoms with Gasteiger partial charge in [-0.1, -0.05) is 37.9 Å². The maximum atomic E-state index is 12.1. The fraction of sp³-hybridized carbons (Fsp3) is 0.333. The lowest BCUT2D eigenvalue weighted by Gasteiger charge is -2.17. The Balaban J connectivity index is 2.43. The molecule has 1 fully saturated rings. The molecule has 17 heavy (non-hydrogen) atoms. The lowest BCUT2D eigenvalue weighted by Crippen LogP contribution is -2.31. The minimum atomic E-state index is -0.235. The summed E-state index contributed by atoms with van der Waals surface area (Å²) in [7, 11) is 0. The molecule has 1 aromatic carbocycles. The summed E-state index contributed by atoms with van der Waals surface area (Å²) < 4.78 is 0.862. The summed E-state index contributed by atoms with van der Waals surface area (Å²) in [4.78, 5) is 25.3. The van der Waals surface area contributed by atoms with Gasteiger partial charge >= 0.3 is 0 Å². The first-order valence-electron chi connectivity index (χ1n) is 5.23. The third-order valence-electron chi connectivity index (χ3n) is 2.84. The number of hydrogen-bond donors (Lipinski definition) is 0. The fourth-order valence-electron chi connectivity index (χ4n) is 1.89. The monoisotopic (exact) mass is 359 g/mol. The zero-order chi connectivity index (χ0) is 12.6. The van der Waals surface area contributed by atoms with Crippen LogP contribution in [0.2, 0.25) is 0 Å². The Morgan fingerprint density at radius 2 is 2.12 bits per heavy atom. The van der Waals surface area contributed by atoms with Crippen LogP contribution in [0.1, 0.15) is 12.0 Å². The van der Waals surface area contributed by atoms with Gasteiger partial charge in [-0.2, -0.15) is 0 Å². The molecule has 1 atom stereocenters. The molecule has 2 rings (SSSR count).